The Hall–Kier alpha value is -1.62. The minimum absolute atomic E-state index is 0.121. The lowest BCUT2D eigenvalue weighted by Gasteiger charge is -2.32. The van der Waals surface area contributed by atoms with Gasteiger partial charge in [0.15, 0.2) is 0 Å². The van der Waals surface area contributed by atoms with E-state index in [9.17, 15) is 9.18 Å². The highest BCUT2D eigenvalue weighted by Gasteiger charge is 2.18. The molecule has 4 nitrogen and oxygen atoms in total. The van der Waals surface area contributed by atoms with Gasteiger partial charge in [0.2, 0.25) is 5.91 Å². The van der Waals surface area contributed by atoms with Crippen LogP contribution in [0.5, 0.6) is 5.75 Å². The quantitative estimate of drug-likeness (QED) is 0.825. The lowest BCUT2D eigenvalue weighted by molar-refractivity contribution is -0.133. The summed E-state index contributed by atoms with van der Waals surface area (Å²) in [5.74, 6) is 0.420. The van der Waals surface area contributed by atoms with Crippen LogP contribution in [0.3, 0.4) is 0 Å². The van der Waals surface area contributed by atoms with Crippen molar-refractivity contribution in [2.45, 2.75) is 6.42 Å². The predicted molar refractivity (Wildman–Crippen MR) is 70.6 cm³/mol. The molecule has 1 saturated heterocycles. The molecule has 0 aromatic heterocycles. The molecule has 104 valence electrons. The number of rotatable bonds is 4. The van der Waals surface area contributed by atoms with Crippen LogP contribution in [0.15, 0.2) is 24.3 Å². The maximum absolute atomic E-state index is 12.7. The van der Waals surface area contributed by atoms with Crippen molar-refractivity contribution < 1.29 is 13.9 Å². The van der Waals surface area contributed by atoms with Crippen LogP contribution in [0, 0.1) is 5.82 Å². The fraction of sp³-hybridized carbons (Fsp3) is 0.500. The first kappa shape index (κ1) is 13.8. The van der Waals surface area contributed by atoms with Crippen molar-refractivity contribution >= 4 is 5.91 Å². The molecule has 2 rings (SSSR count). The summed E-state index contributed by atoms with van der Waals surface area (Å²) in [5, 5.41) is 0. The molecule has 0 saturated carbocycles. The molecule has 0 spiro atoms. The molecule has 1 fully saturated rings. The largest absolute Gasteiger partial charge is 0.493 e. The smallest absolute Gasteiger partial charge is 0.226 e. The minimum atomic E-state index is -0.291. The molecule has 1 aliphatic rings. The molecule has 0 radical (unpaired) electrons. The van der Waals surface area contributed by atoms with E-state index in [0.29, 0.717) is 18.8 Å². The number of likely N-dealkylation sites (N-methyl/N-ethyl adjacent to an activating group) is 1. The summed E-state index contributed by atoms with van der Waals surface area (Å²) in [6.07, 6.45) is 0.362. The highest BCUT2D eigenvalue weighted by Crippen LogP contribution is 2.11. The van der Waals surface area contributed by atoms with E-state index >= 15 is 0 Å². The molecular formula is C14H19FN2O2. The molecule has 0 aliphatic carbocycles. The minimum Gasteiger partial charge on any atom is -0.493 e. The number of carbonyl (C=O) groups is 1. The zero-order valence-electron chi connectivity index (χ0n) is 11.1. The van der Waals surface area contributed by atoms with Crippen LogP contribution in [0.25, 0.3) is 0 Å². The third-order valence-electron chi connectivity index (χ3n) is 3.25. The van der Waals surface area contributed by atoms with Gasteiger partial charge in [0, 0.05) is 26.2 Å². The van der Waals surface area contributed by atoms with Crippen molar-refractivity contribution in [3.05, 3.63) is 30.1 Å². The number of carbonyl (C=O) groups excluding carboxylic acids is 1. The summed E-state index contributed by atoms with van der Waals surface area (Å²) >= 11 is 0. The first-order valence-corrected chi connectivity index (χ1v) is 6.50. The van der Waals surface area contributed by atoms with E-state index < -0.39 is 0 Å². The van der Waals surface area contributed by atoms with Gasteiger partial charge in [0.25, 0.3) is 0 Å². The highest BCUT2D eigenvalue weighted by atomic mass is 19.1. The van der Waals surface area contributed by atoms with Gasteiger partial charge in [0.1, 0.15) is 11.6 Å². The van der Waals surface area contributed by atoms with Gasteiger partial charge in [-0.3, -0.25) is 4.79 Å². The summed E-state index contributed by atoms with van der Waals surface area (Å²) in [7, 11) is 2.06. The van der Waals surface area contributed by atoms with E-state index in [2.05, 4.69) is 11.9 Å². The van der Waals surface area contributed by atoms with Crippen LogP contribution in [-0.2, 0) is 4.79 Å². The first-order chi connectivity index (χ1) is 9.15. The number of nitrogens with zero attached hydrogens (tertiary/aromatic N) is 2. The Morgan fingerprint density at radius 1 is 1.21 bits per heavy atom. The molecule has 0 unspecified atom stereocenters. The number of amides is 1. The topological polar surface area (TPSA) is 32.8 Å². The molecule has 0 bridgehead atoms. The van der Waals surface area contributed by atoms with Crippen molar-refractivity contribution in [2.24, 2.45) is 0 Å². The molecule has 0 N–H and O–H groups in total. The van der Waals surface area contributed by atoms with Gasteiger partial charge in [-0.25, -0.2) is 4.39 Å². The molecule has 5 heteroatoms. The molecule has 1 aromatic carbocycles. The Bertz CT molecular complexity index is 414. The van der Waals surface area contributed by atoms with Crippen molar-refractivity contribution in [3.8, 4) is 5.75 Å². The third-order valence-corrected chi connectivity index (χ3v) is 3.25. The van der Waals surface area contributed by atoms with Gasteiger partial charge in [-0.15, -0.1) is 0 Å². The van der Waals surface area contributed by atoms with Crippen LogP contribution in [0.1, 0.15) is 6.42 Å². The molecular weight excluding hydrogens is 247 g/mol. The highest BCUT2D eigenvalue weighted by molar-refractivity contribution is 5.76. The lowest BCUT2D eigenvalue weighted by atomic mass is 10.3. The number of halogens is 1. The Morgan fingerprint density at radius 2 is 1.84 bits per heavy atom. The fourth-order valence-corrected chi connectivity index (χ4v) is 2.00. The number of piperazine rings is 1. The van der Waals surface area contributed by atoms with E-state index in [-0.39, 0.29) is 11.7 Å². The number of hydrogen-bond donors (Lipinski definition) is 0. The molecule has 1 aromatic rings. The van der Waals surface area contributed by atoms with E-state index in [4.69, 9.17) is 4.74 Å². The first-order valence-electron chi connectivity index (χ1n) is 6.50. The van der Waals surface area contributed by atoms with Crippen LogP contribution < -0.4 is 4.74 Å². The number of hydrogen-bond acceptors (Lipinski definition) is 3. The van der Waals surface area contributed by atoms with E-state index in [1.165, 1.54) is 12.1 Å². The standard InChI is InChI=1S/C14H19FN2O2/c1-16-7-9-17(10-8-16)14(18)6-11-19-13-4-2-12(15)3-5-13/h2-5H,6-11H2,1H3. The van der Waals surface area contributed by atoms with Crippen molar-refractivity contribution in [1.82, 2.24) is 9.80 Å². The maximum Gasteiger partial charge on any atom is 0.226 e. The monoisotopic (exact) mass is 266 g/mol. The molecule has 1 heterocycles. The van der Waals surface area contributed by atoms with Crippen LogP contribution in [0.2, 0.25) is 0 Å². The zero-order chi connectivity index (χ0) is 13.7. The van der Waals surface area contributed by atoms with Crippen LogP contribution >= 0.6 is 0 Å². The summed E-state index contributed by atoms with van der Waals surface area (Å²) < 4.78 is 18.1. The molecule has 0 atom stereocenters. The second-order valence-electron chi connectivity index (χ2n) is 4.74. The van der Waals surface area contributed by atoms with Gasteiger partial charge in [-0.05, 0) is 31.3 Å². The van der Waals surface area contributed by atoms with E-state index in [0.717, 1.165) is 26.2 Å². The van der Waals surface area contributed by atoms with E-state index in [1.807, 2.05) is 4.90 Å². The van der Waals surface area contributed by atoms with Crippen LogP contribution in [-0.4, -0.2) is 55.5 Å². The van der Waals surface area contributed by atoms with Gasteiger partial charge in [-0.2, -0.15) is 0 Å². The Balaban J connectivity index is 1.70. The average molecular weight is 266 g/mol. The Morgan fingerprint density at radius 3 is 2.47 bits per heavy atom. The predicted octanol–water partition coefficient (Wildman–Crippen LogP) is 1.37. The average Bonchev–Trinajstić information content (AvgIpc) is 2.41. The lowest BCUT2D eigenvalue weighted by Crippen LogP contribution is -2.47. The van der Waals surface area contributed by atoms with E-state index in [1.54, 1.807) is 12.1 Å². The molecule has 1 amide bonds. The normalized spacial score (nSPS) is 16.4. The number of benzene rings is 1. The van der Waals surface area contributed by atoms with Gasteiger partial charge < -0.3 is 14.5 Å². The third kappa shape index (κ3) is 4.21. The van der Waals surface area contributed by atoms with Crippen LogP contribution in [0.4, 0.5) is 4.39 Å². The Kier molecular flexibility index (Phi) is 4.74. The maximum atomic E-state index is 12.7. The summed E-state index contributed by atoms with van der Waals surface area (Å²) in [6, 6.07) is 5.82. The van der Waals surface area contributed by atoms with Gasteiger partial charge in [-0.1, -0.05) is 0 Å². The fourth-order valence-electron chi connectivity index (χ4n) is 2.00. The van der Waals surface area contributed by atoms with Crippen molar-refractivity contribution in [1.29, 1.82) is 0 Å². The Labute approximate surface area is 112 Å². The van der Waals surface area contributed by atoms with Crippen molar-refractivity contribution in [3.63, 3.8) is 0 Å². The van der Waals surface area contributed by atoms with Gasteiger partial charge in [0.05, 0.1) is 13.0 Å². The second-order valence-corrected chi connectivity index (χ2v) is 4.74. The molecule has 1 aliphatic heterocycles. The van der Waals surface area contributed by atoms with Crippen molar-refractivity contribution in [2.75, 3.05) is 39.8 Å². The summed E-state index contributed by atoms with van der Waals surface area (Å²) in [5.41, 5.74) is 0. The molecule has 19 heavy (non-hydrogen) atoms. The SMILES string of the molecule is CN1CCN(C(=O)CCOc2ccc(F)cc2)CC1. The zero-order valence-corrected chi connectivity index (χ0v) is 11.1. The second kappa shape index (κ2) is 6.52. The summed E-state index contributed by atoms with van der Waals surface area (Å²) in [4.78, 5) is 16.0. The number of ether oxygens (including phenoxy) is 1. The summed E-state index contributed by atoms with van der Waals surface area (Å²) in [6.45, 7) is 3.74. The van der Waals surface area contributed by atoms with Gasteiger partial charge >= 0.3 is 0 Å².